The topological polar surface area (TPSA) is 102 Å². The summed E-state index contributed by atoms with van der Waals surface area (Å²) in [5.74, 6) is -2.93. The van der Waals surface area contributed by atoms with Crippen molar-refractivity contribution in [3.05, 3.63) is 69.8 Å². The van der Waals surface area contributed by atoms with Crippen LogP contribution in [-0.2, 0) is 25.2 Å². The lowest BCUT2D eigenvalue weighted by Gasteiger charge is -2.41. The summed E-state index contributed by atoms with van der Waals surface area (Å²) in [4.78, 5) is 26.4. The molecule has 1 aliphatic carbocycles. The Morgan fingerprint density at radius 3 is 2.29 bits per heavy atom. The molecular weight excluding hydrogens is 614 g/mol. The van der Waals surface area contributed by atoms with E-state index in [9.17, 15) is 44.3 Å². The molecule has 0 bridgehead atoms. The van der Waals surface area contributed by atoms with Crippen LogP contribution >= 0.6 is 11.6 Å². The van der Waals surface area contributed by atoms with Crippen molar-refractivity contribution in [2.24, 2.45) is 0 Å². The van der Waals surface area contributed by atoms with Crippen LogP contribution in [0.25, 0.3) is 5.57 Å². The quantitative estimate of drug-likeness (QED) is 0.208. The first-order valence-corrected chi connectivity index (χ1v) is 14.6. The van der Waals surface area contributed by atoms with Gasteiger partial charge in [0.1, 0.15) is 11.3 Å². The predicted octanol–water partition coefficient (Wildman–Crippen LogP) is 5.71. The summed E-state index contributed by atoms with van der Waals surface area (Å²) >= 11 is 6.25. The fraction of sp³-hybridized carbons (Fsp3) is 0.407. The van der Waals surface area contributed by atoms with E-state index in [2.05, 4.69) is 0 Å². The van der Waals surface area contributed by atoms with Crippen LogP contribution in [-0.4, -0.2) is 44.4 Å². The molecule has 1 aliphatic heterocycles. The minimum Gasteiger partial charge on any atom is -0.494 e. The normalized spacial score (nSPS) is 19.9. The van der Waals surface area contributed by atoms with Crippen molar-refractivity contribution < 1.29 is 49.1 Å². The number of carbonyl (C=O) groups is 2. The Bertz CT molecular complexity index is 1520. The van der Waals surface area contributed by atoms with Gasteiger partial charge in [0.2, 0.25) is 10.0 Å². The van der Waals surface area contributed by atoms with E-state index in [4.69, 9.17) is 16.3 Å². The minimum absolute atomic E-state index is 0.0822. The molecule has 0 radical (unpaired) electrons. The smallest absolute Gasteiger partial charge is 0.416 e. The number of benzene rings is 2. The molecule has 42 heavy (non-hydrogen) atoms. The third-order valence-corrected chi connectivity index (χ3v) is 9.01. The van der Waals surface area contributed by atoms with Crippen molar-refractivity contribution in [1.82, 2.24) is 10.0 Å². The summed E-state index contributed by atoms with van der Waals surface area (Å²) in [6.45, 7) is 1.34. The highest BCUT2D eigenvalue weighted by Crippen LogP contribution is 2.50. The van der Waals surface area contributed by atoms with Crippen LogP contribution in [0.3, 0.4) is 0 Å². The highest BCUT2D eigenvalue weighted by atomic mass is 35.5. The molecule has 1 saturated carbocycles. The number of carbonyl (C=O) groups excluding carboxylic acids is 2. The SMILES string of the molecule is Cc1ccc(C2=C(C(=O)NS(=O)(=O)C3CC3)C(=O)NC(c3ccc(OCCCC(F)(F)F)cc3Cl)(C(F)(F)F)C2)cc1. The first kappa shape index (κ1) is 31.7. The van der Waals surface area contributed by atoms with E-state index in [-0.39, 0.29) is 23.5 Å². The molecular formula is C27H25ClF6N2O5S. The highest BCUT2D eigenvalue weighted by molar-refractivity contribution is 7.91. The molecule has 2 aromatic rings. The Morgan fingerprint density at radius 1 is 1.10 bits per heavy atom. The van der Waals surface area contributed by atoms with Gasteiger partial charge in [0.05, 0.1) is 16.9 Å². The van der Waals surface area contributed by atoms with Crippen molar-refractivity contribution in [1.29, 1.82) is 0 Å². The Kier molecular flexibility index (Phi) is 8.62. The molecule has 7 nitrogen and oxygen atoms in total. The lowest BCUT2D eigenvalue weighted by atomic mass is 9.76. The standard InChI is InChI=1S/C27H25ClF6N2O5S/c1-15-3-5-16(6-4-15)19-14-25(27(32,33)34,35-23(37)22(19)24(38)36-42(39,40)18-8-9-18)20-10-7-17(13-21(20)28)41-12-2-11-26(29,30)31/h3-7,10,13,18H,2,8-9,11-12,14H2,1H3,(H,35,37)(H,36,38). The van der Waals surface area contributed by atoms with Crippen LogP contribution in [0, 0.1) is 6.92 Å². The lowest BCUT2D eigenvalue weighted by Crippen LogP contribution is -2.60. The van der Waals surface area contributed by atoms with Crippen molar-refractivity contribution in [2.45, 2.75) is 62.2 Å². The Morgan fingerprint density at radius 2 is 1.74 bits per heavy atom. The Balaban J connectivity index is 1.75. The first-order valence-electron chi connectivity index (χ1n) is 12.7. The van der Waals surface area contributed by atoms with Crippen LogP contribution in [0.4, 0.5) is 26.3 Å². The number of ether oxygens (including phenoxy) is 1. The zero-order valence-electron chi connectivity index (χ0n) is 22.0. The maximum atomic E-state index is 14.9. The predicted molar refractivity (Wildman–Crippen MR) is 141 cm³/mol. The summed E-state index contributed by atoms with van der Waals surface area (Å²) in [6, 6.07) is 8.93. The van der Waals surface area contributed by atoms with Gasteiger partial charge >= 0.3 is 12.4 Å². The number of nitrogens with one attached hydrogen (secondary N) is 2. The van der Waals surface area contributed by atoms with Gasteiger partial charge in [-0.05, 0) is 49.5 Å². The number of hydrogen-bond acceptors (Lipinski definition) is 5. The molecule has 1 fully saturated rings. The van der Waals surface area contributed by atoms with Gasteiger partial charge < -0.3 is 10.1 Å². The number of halogens is 7. The monoisotopic (exact) mass is 638 g/mol. The molecule has 2 aliphatic rings. The van der Waals surface area contributed by atoms with Gasteiger partial charge in [-0.2, -0.15) is 26.3 Å². The molecule has 15 heteroatoms. The minimum atomic E-state index is -5.18. The van der Waals surface area contributed by atoms with Crippen LogP contribution < -0.4 is 14.8 Å². The molecule has 0 spiro atoms. The molecule has 0 aromatic heterocycles. The van der Waals surface area contributed by atoms with Gasteiger partial charge in [-0.1, -0.05) is 47.5 Å². The first-order chi connectivity index (χ1) is 19.4. The Labute approximate surface area is 242 Å². The number of alkyl halides is 6. The highest BCUT2D eigenvalue weighted by Gasteiger charge is 2.61. The summed E-state index contributed by atoms with van der Waals surface area (Å²) in [6.07, 6.45) is -11.5. The average molecular weight is 639 g/mol. The van der Waals surface area contributed by atoms with Crippen molar-refractivity contribution in [3.63, 3.8) is 0 Å². The van der Waals surface area contributed by atoms with E-state index in [1.165, 1.54) is 12.1 Å². The van der Waals surface area contributed by atoms with Gasteiger partial charge in [-0.3, -0.25) is 9.59 Å². The van der Waals surface area contributed by atoms with E-state index in [1.807, 2.05) is 10.0 Å². The molecule has 1 atom stereocenters. The maximum absolute atomic E-state index is 14.9. The molecule has 1 unspecified atom stereocenters. The van der Waals surface area contributed by atoms with Crippen LogP contribution in [0.15, 0.2) is 48.0 Å². The van der Waals surface area contributed by atoms with E-state index in [0.29, 0.717) is 12.8 Å². The van der Waals surface area contributed by atoms with Crippen molar-refractivity contribution in [3.8, 4) is 5.75 Å². The molecule has 1 heterocycles. The van der Waals surface area contributed by atoms with E-state index >= 15 is 0 Å². The number of rotatable bonds is 9. The summed E-state index contributed by atoms with van der Waals surface area (Å²) < 4.78 is 114. The van der Waals surface area contributed by atoms with Gasteiger partial charge in [-0.25, -0.2) is 13.1 Å². The average Bonchev–Trinajstić information content (AvgIpc) is 3.71. The van der Waals surface area contributed by atoms with Gasteiger partial charge in [0.25, 0.3) is 11.8 Å². The Hall–Kier alpha value is -3.26. The zero-order chi connectivity index (χ0) is 31.1. The van der Waals surface area contributed by atoms with Gasteiger partial charge in [-0.15, -0.1) is 0 Å². The summed E-state index contributed by atoms with van der Waals surface area (Å²) in [5.41, 5.74) is -4.10. The molecule has 228 valence electrons. The van der Waals surface area contributed by atoms with E-state index in [1.54, 1.807) is 19.1 Å². The van der Waals surface area contributed by atoms with Crippen LogP contribution in [0.5, 0.6) is 5.75 Å². The second-order valence-electron chi connectivity index (χ2n) is 10.1. The number of sulfonamides is 1. The second kappa shape index (κ2) is 11.4. The van der Waals surface area contributed by atoms with Crippen LogP contribution in [0.2, 0.25) is 5.02 Å². The number of hydrogen-bond donors (Lipinski definition) is 2. The summed E-state index contributed by atoms with van der Waals surface area (Å²) in [5, 5.41) is 0.520. The summed E-state index contributed by atoms with van der Waals surface area (Å²) in [7, 11) is -4.14. The molecule has 2 amide bonds. The molecule has 2 N–H and O–H groups in total. The fourth-order valence-electron chi connectivity index (χ4n) is 4.56. The number of aryl methyl sites for hydroxylation is 1. The zero-order valence-corrected chi connectivity index (χ0v) is 23.5. The third kappa shape index (κ3) is 6.86. The molecule has 2 aromatic carbocycles. The van der Waals surface area contributed by atoms with Crippen molar-refractivity contribution in [2.75, 3.05) is 6.61 Å². The van der Waals surface area contributed by atoms with E-state index in [0.717, 1.165) is 23.8 Å². The largest absolute Gasteiger partial charge is 0.494 e. The maximum Gasteiger partial charge on any atom is 0.416 e. The van der Waals surface area contributed by atoms with E-state index < -0.39 is 80.4 Å². The van der Waals surface area contributed by atoms with Gasteiger partial charge in [0, 0.05) is 18.4 Å². The third-order valence-electron chi connectivity index (χ3n) is 6.88. The second-order valence-corrected chi connectivity index (χ2v) is 12.5. The molecule has 4 rings (SSSR count). The number of amides is 2. The van der Waals surface area contributed by atoms with Crippen molar-refractivity contribution >= 4 is 39.0 Å². The fourth-order valence-corrected chi connectivity index (χ4v) is 6.17. The van der Waals surface area contributed by atoms with Crippen LogP contribution in [0.1, 0.15) is 48.8 Å². The van der Waals surface area contributed by atoms with Gasteiger partial charge in [0.15, 0.2) is 5.54 Å². The molecule has 0 saturated heterocycles. The lowest BCUT2D eigenvalue weighted by molar-refractivity contribution is -0.201.